The Hall–Kier alpha value is -1.55. The Bertz CT molecular complexity index is 476. The van der Waals surface area contributed by atoms with E-state index in [1.54, 1.807) is 13.1 Å². The molecule has 4 nitrogen and oxygen atoms in total. The minimum atomic E-state index is -0.347. The van der Waals surface area contributed by atoms with Gasteiger partial charge in [-0.25, -0.2) is 0 Å². The zero-order chi connectivity index (χ0) is 13.1. The Labute approximate surface area is 111 Å². The van der Waals surface area contributed by atoms with Crippen LogP contribution in [0.3, 0.4) is 0 Å². The van der Waals surface area contributed by atoms with Crippen LogP contribution in [0.25, 0.3) is 0 Å². The minimum absolute atomic E-state index is 0.0212. The molecule has 0 aromatic heterocycles. The minimum Gasteiger partial charge on any atom is -0.350 e. The number of hydrogen-bond acceptors (Lipinski definition) is 2. The summed E-state index contributed by atoms with van der Waals surface area (Å²) in [6.45, 7) is 0.386. The van der Waals surface area contributed by atoms with Crippen molar-refractivity contribution in [3.8, 4) is 0 Å². The predicted octanol–water partition coefficient (Wildman–Crippen LogP) is 1.58. The molecule has 2 rings (SSSR count). The Balaban J connectivity index is 1.93. The van der Waals surface area contributed by atoms with Crippen LogP contribution in [0.5, 0.6) is 0 Å². The van der Waals surface area contributed by atoms with E-state index in [2.05, 4.69) is 5.32 Å². The molecule has 1 atom stereocenters. The molecule has 0 spiro atoms. The lowest BCUT2D eigenvalue weighted by Gasteiger charge is -2.19. The molecule has 1 aromatic rings. The van der Waals surface area contributed by atoms with E-state index < -0.39 is 0 Å². The van der Waals surface area contributed by atoms with Gasteiger partial charge in [0.05, 0.1) is 0 Å². The number of nitrogens with one attached hydrogen (secondary N) is 1. The SMILES string of the molecule is CN1C(=O)CCC1C(=O)NCc1ccccc1Cl. The first-order valence-corrected chi connectivity index (χ1v) is 6.24. The molecule has 1 aliphatic rings. The highest BCUT2D eigenvalue weighted by Gasteiger charge is 2.32. The van der Waals surface area contributed by atoms with Crippen LogP contribution in [0.4, 0.5) is 0 Å². The molecular weight excluding hydrogens is 252 g/mol. The number of hydrogen-bond donors (Lipinski definition) is 1. The number of halogens is 1. The highest BCUT2D eigenvalue weighted by Crippen LogP contribution is 2.18. The van der Waals surface area contributed by atoms with Crippen LogP contribution in [-0.4, -0.2) is 29.8 Å². The molecule has 0 bridgehead atoms. The number of likely N-dealkylation sites (tertiary alicyclic amines) is 1. The molecule has 0 radical (unpaired) electrons. The maximum Gasteiger partial charge on any atom is 0.243 e. The van der Waals surface area contributed by atoms with Crippen molar-refractivity contribution in [2.75, 3.05) is 7.05 Å². The number of carbonyl (C=O) groups excluding carboxylic acids is 2. The molecule has 96 valence electrons. The topological polar surface area (TPSA) is 49.4 Å². The second-order valence-corrected chi connectivity index (χ2v) is 4.78. The summed E-state index contributed by atoms with van der Waals surface area (Å²) in [6.07, 6.45) is 1.03. The van der Waals surface area contributed by atoms with Gasteiger partial charge in [-0.15, -0.1) is 0 Å². The van der Waals surface area contributed by atoms with E-state index in [-0.39, 0.29) is 17.9 Å². The van der Waals surface area contributed by atoms with E-state index >= 15 is 0 Å². The van der Waals surface area contributed by atoms with Crippen LogP contribution in [-0.2, 0) is 16.1 Å². The molecule has 18 heavy (non-hydrogen) atoms. The first-order chi connectivity index (χ1) is 8.59. The van der Waals surface area contributed by atoms with Gasteiger partial charge in [0.2, 0.25) is 11.8 Å². The van der Waals surface area contributed by atoms with Crippen LogP contribution >= 0.6 is 11.6 Å². The summed E-state index contributed by atoms with van der Waals surface area (Å²) in [5, 5.41) is 3.45. The van der Waals surface area contributed by atoms with Gasteiger partial charge in [-0.3, -0.25) is 9.59 Å². The summed E-state index contributed by atoms with van der Waals surface area (Å²) in [5.41, 5.74) is 0.875. The largest absolute Gasteiger partial charge is 0.350 e. The molecule has 0 aliphatic carbocycles. The van der Waals surface area contributed by atoms with Gasteiger partial charge < -0.3 is 10.2 Å². The van der Waals surface area contributed by atoms with E-state index in [9.17, 15) is 9.59 Å². The fourth-order valence-electron chi connectivity index (χ4n) is 2.05. The smallest absolute Gasteiger partial charge is 0.243 e. The van der Waals surface area contributed by atoms with Crippen molar-refractivity contribution in [1.29, 1.82) is 0 Å². The molecule has 0 saturated carbocycles. The molecule has 1 saturated heterocycles. The average molecular weight is 267 g/mol. The van der Waals surface area contributed by atoms with Crippen molar-refractivity contribution >= 4 is 23.4 Å². The molecule has 1 aromatic carbocycles. The second-order valence-electron chi connectivity index (χ2n) is 4.37. The number of rotatable bonds is 3. The fourth-order valence-corrected chi connectivity index (χ4v) is 2.26. The van der Waals surface area contributed by atoms with Gasteiger partial charge in [-0.1, -0.05) is 29.8 Å². The summed E-state index contributed by atoms with van der Waals surface area (Å²) in [7, 11) is 1.66. The Morgan fingerprint density at radius 1 is 1.50 bits per heavy atom. The number of nitrogens with zero attached hydrogens (tertiary/aromatic N) is 1. The maximum absolute atomic E-state index is 11.9. The Morgan fingerprint density at radius 3 is 2.83 bits per heavy atom. The average Bonchev–Trinajstić information content (AvgIpc) is 2.69. The monoisotopic (exact) mass is 266 g/mol. The van der Waals surface area contributed by atoms with Gasteiger partial charge in [0.1, 0.15) is 6.04 Å². The van der Waals surface area contributed by atoms with Crippen molar-refractivity contribution in [2.45, 2.75) is 25.4 Å². The lowest BCUT2D eigenvalue weighted by Crippen LogP contribution is -2.42. The second kappa shape index (κ2) is 5.40. The molecule has 5 heteroatoms. The number of likely N-dealkylation sites (N-methyl/N-ethyl adjacent to an activating group) is 1. The van der Waals surface area contributed by atoms with Gasteiger partial charge in [0, 0.05) is 25.0 Å². The molecule has 1 fully saturated rings. The van der Waals surface area contributed by atoms with Crippen molar-refractivity contribution in [2.24, 2.45) is 0 Å². The Morgan fingerprint density at radius 2 is 2.22 bits per heavy atom. The zero-order valence-corrected chi connectivity index (χ0v) is 10.9. The predicted molar refractivity (Wildman–Crippen MR) is 69.1 cm³/mol. The van der Waals surface area contributed by atoms with Crippen LogP contribution < -0.4 is 5.32 Å². The number of amides is 2. The fraction of sp³-hybridized carbons (Fsp3) is 0.385. The number of carbonyl (C=O) groups is 2. The normalized spacial score (nSPS) is 19.1. The molecular formula is C13H15ClN2O2. The first kappa shape index (κ1) is 12.9. The lowest BCUT2D eigenvalue weighted by atomic mass is 10.2. The summed E-state index contributed by atoms with van der Waals surface area (Å²) >= 11 is 6.00. The van der Waals surface area contributed by atoms with Gasteiger partial charge >= 0.3 is 0 Å². The van der Waals surface area contributed by atoms with E-state index in [1.165, 1.54) is 4.90 Å². The van der Waals surface area contributed by atoms with E-state index in [0.717, 1.165) is 5.56 Å². The van der Waals surface area contributed by atoms with E-state index in [1.807, 2.05) is 18.2 Å². The van der Waals surface area contributed by atoms with Gasteiger partial charge in [-0.2, -0.15) is 0 Å². The highest BCUT2D eigenvalue weighted by atomic mass is 35.5. The lowest BCUT2D eigenvalue weighted by molar-refractivity contribution is -0.133. The first-order valence-electron chi connectivity index (χ1n) is 5.86. The standard InChI is InChI=1S/C13H15ClN2O2/c1-16-11(6-7-12(16)17)13(18)15-8-9-4-2-3-5-10(9)14/h2-5,11H,6-8H2,1H3,(H,15,18). The van der Waals surface area contributed by atoms with Crippen molar-refractivity contribution in [3.63, 3.8) is 0 Å². The van der Waals surface area contributed by atoms with Gasteiger partial charge in [0.25, 0.3) is 0 Å². The van der Waals surface area contributed by atoms with Crippen molar-refractivity contribution in [1.82, 2.24) is 10.2 Å². The molecule has 1 unspecified atom stereocenters. The van der Waals surface area contributed by atoms with Gasteiger partial charge in [-0.05, 0) is 18.1 Å². The summed E-state index contributed by atoms with van der Waals surface area (Å²) in [5.74, 6) is -0.101. The summed E-state index contributed by atoms with van der Waals surface area (Å²) < 4.78 is 0. The highest BCUT2D eigenvalue weighted by molar-refractivity contribution is 6.31. The van der Waals surface area contributed by atoms with Crippen LogP contribution in [0.1, 0.15) is 18.4 Å². The third-order valence-corrected chi connectivity index (χ3v) is 3.57. The summed E-state index contributed by atoms with van der Waals surface area (Å²) in [6, 6.07) is 7.02. The quantitative estimate of drug-likeness (QED) is 0.903. The van der Waals surface area contributed by atoms with Crippen molar-refractivity contribution < 1.29 is 9.59 Å². The molecule has 1 heterocycles. The number of benzene rings is 1. The third kappa shape index (κ3) is 2.64. The van der Waals surface area contributed by atoms with Crippen LogP contribution in [0.2, 0.25) is 5.02 Å². The molecule has 1 aliphatic heterocycles. The van der Waals surface area contributed by atoms with E-state index in [4.69, 9.17) is 11.6 Å². The van der Waals surface area contributed by atoms with Crippen molar-refractivity contribution in [3.05, 3.63) is 34.9 Å². The van der Waals surface area contributed by atoms with E-state index in [0.29, 0.717) is 24.4 Å². The third-order valence-electron chi connectivity index (χ3n) is 3.21. The molecule has 2 amide bonds. The zero-order valence-electron chi connectivity index (χ0n) is 10.1. The summed E-state index contributed by atoms with van der Waals surface area (Å²) in [4.78, 5) is 24.8. The van der Waals surface area contributed by atoms with Gasteiger partial charge in [0.15, 0.2) is 0 Å². The Kier molecular flexibility index (Phi) is 3.87. The van der Waals surface area contributed by atoms with Crippen LogP contribution in [0.15, 0.2) is 24.3 Å². The molecule has 1 N–H and O–H groups in total. The van der Waals surface area contributed by atoms with Crippen LogP contribution in [0, 0.1) is 0 Å². The maximum atomic E-state index is 11.9.